The number of aromatic nitrogens is 3. The van der Waals surface area contributed by atoms with E-state index >= 15 is 0 Å². The minimum atomic E-state index is -0.866. The summed E-state index contributed by atoms with van der Waals surface area (Å²) >= 11 is 7.88. The van der Waals surface area contributed by atoms with Gasteiger partial charge in [-0.15, -0.1) is 11.3 Å². The maximum absolute atomic E-state index is 11.4. The molecule has 5 rings (SSSR count). The molecule has 0 aliphatic heterocycles. The highest BCUT2D eigenvalue weighted by Crippen LogP contribution is 2.32. The molecule has 0 spiro atoms. The number of fused-ring (bicyclic) bond motifs is 2. The van der Waals surface area contributed by atoms with Gasteiger partial charge in [-0.25, -0.2) is 9.97 Å². The van der Waals surface area contributed by atoms with Crippen LogP contribution in [0.4, 0.5) is 5.82 Å². The Kier molecular flexibility index (Phi) is 4.84. The van der Waals surface area contributed by atoms with Crippen molar-refractivity contribution in [3.63, 3.8) is 0 Å². The Morgan fingerprint density at radius 1 is 1.13 bits per heavy atom. The lowest BCUT2D eigenvalue weighted by atomic mass is 10.1. The Labute approximate surface area is 186 Å². The summed E-state index contributed by atoms with van der Waals surface area (Å²) in [6.45, 7) is 0.595. The van der Waals surface area contributed by atoms with Crippen LogP contribution in [0.15, 0.2) is 60.2 Å². The predicted molar refractivity (Wildman–Crippen MR) is 125 cm³/mol. The van der Waals surface area contributed by atoms with Gasteiger partial charge in [0.15, 0.2) is 5.82 Å². The van der Waals surface area contributed by atoms with Gasteiger partial charge in [0.25, 0.3) is 0 Å². The molecule has 3 heterocycles. The molecule has 0 bridgehead atoms. The van der Waals surface area contributed by atoms with Crippen LogP contribution in [-0.4, -0.2) is 25.6 Å². The minimum absolute atomic E-state index is 0.0478. The molecule has 2 aromatic carbocycles. The van der Waals surface area contributed by atoms with Gasteiger partial charge < -0.3 is 15.4 Å². The van der Waals surface area contributed by atoms with Crippen molar-refractivity contribution in [2.75, 3.05) is 5.73 Å². The standard InChI is InChI=1S/C23H17ClN4O2S/c24-16-2-4-20-18(9-16)15(12-31-20)11-28-10-14(8-22(29)30)17-3-1-13(7-19(17)28)23-26-6-5-21(25)27-23/h1-7,9-10,12H,8,11H2,(H,29,30)(H2,25,26,27). The van der Waals surface area contributed by atoms with Crippen LogP contribution in [0.5, 0.6) is 0 Å². The highest BCUT2D eigenvalue weighted by atomic mass is 35.5. The quantitative estimate of drug-likeness (QED) is 0.384. The number of hydrogen-bond donors (Lipinski definition) is 2. The summed E-state index contributed by atoms with van der Waals surface area (Å²) < 4.78 is 3.24. The second-order valence-electron chi connectivity index (χ2n) is 7.29. The largest absolute Gasteiger partial charge is 0.481 e. The monoisotopic (exact) mass is 448 g/mol. The van der Waals surface area contributed by atoms with Crippen LogP contribution in [-0.2, 0) is 17.8 Å². The second kappa shape index (κ2) is 7.68. The fourth-order valence-corrected chi connectivity index (χ4v) is 4.92. The molecule has 0 saturated carbocycles. The number of anilines is 1. The topological polar surface area (TPSA) is 94.0 Å². The van der Waals surface area contributed by atoms with E-state index in [2.05, 4.69) is 19.9 Å². The van der Waals surface area contributed by atoms with Gasteiger partial charge in [-0.05, 0) is 52.2 Å². The number of aliphatic carboxylic acids is 1. The first kappa shape index (κ1) is 19.5. The van der Waals surface area contributed by atoms with Crippen molar-refractivity contribution in [1.82, 2.24) is 14.5 Å². The van der Waals surface area contributed by atoms with Crippen molar-refractivity contribution in [3.8, 4) is 11.4 Å². The molecule has 0 amide bonds. The second-order valence-corrected chi connectivity index (χ2v) is 8.64. The van der Waals surface area contributed by atoms with E-state index < -0.39 is 5.97 Å². The number of nitrogens with two attached hydrogens (primary N) is 1. The SMILES string of the molecule is Nc1ccnc(-c2ccc3c(CC(=O)O)cn(Cc4csc5ccc(Cl)cc45)c3c2)n1. The van der Waals surface area contributed by atoms with E-state index in [4.69, 9.17) is 17.3 Å². The first-order chi connectivity index (χ1) is 15.0. The van der Waals surface area contributed by atoms with E-state index in [1.54, 1.807) is 23.6 Å². The number of carboxylic acid groups (broad SMARTS) is 1. The third-order valence-corrected chi connectivity index (χ3v) is 6.45. The van der Waals surface area contributed by atoms with Crippen LogP contribution in [0.25, 0.3) is 32.4 Å². The third kappa shape index (κ3) is 3.73. The van der Waals surface area contributed by atoms with Crippen molar-refractivity contribution >= 4 is 55.7 Å². The fraction of sp³-hybridized carbons (Fsp3) is 0.0870. The summed E-state index contributed by atoms with van der Waals surface area (Å²) in [7, 11) is 0. The first-order valence-electron chi connectivity index (χ1n) is 9.56. The predicted octanol–water partition coefficient (Wildman–Crippen LogP) is 5.22. The number of nitrogen functional groups attached to an aromatic ring is 1. The van der Waals surface area contributed by atoms with Crippen molar-refractivity contribution < 1.29 is 9.90 Å². The van der Waals surface area contributed by atoms with Gasteiger partial charge in [-0.2, -0.15) is 0 Å². The van der Waals surface area contributed by atoms with Crippen LogP contribution < -0.4 is 5.73 Å². The molecule has 0 atom stereocenters. The molecule has 3 N–H and O–H groups in total. The Hall–Kier alpha value is -3.42. The van der Waals surface area contributed by atoms with E-state index in [0.29, 0.717) is 23.2 Å². The summed E-state index contributed by atoms with van der Waals surface area (Å²) in [5.41, 5.74) is 9.45. The highest BCUT2D eigenvalue weighted by Gasteiger charge is 2.15. The lowest BCUT2D eigenvalue weighted by Crippen LogP contribution is -2.00. The van der Waals surface area contributed by atoms with Crippen molar-refractivity contribution in [3.05, 3.63) is 76.4 Å². The number of rotatable bonds is 5. The Bertz CT molecular complexity index is 1460. The Morgan fingerprint density at radius 2 is 2.00 bits per heavy atom. The van der Waals surface area contributed by atoms with E-state index in [1.165, 1.54) is 0 Å². The van der Waals surface area contributed by atoms with Gasteiger partial charge in [0, 0.05) is 45.1 Å². The zero-order valence-electron chi connectivity index (χ0n) is 16.2. The zero-order valence-corrected chi connectivity index (χ0v) is 17.8. The summed E-state index contributed by atoms with van der Waals surface area (Å²) in [4.78, 5) is 20.1. The minimum Gasteiger partial charge on any atom is -0.481 e. The molecule has 154 valence electrons. The normalized spacial score (nSPS) is 11.4. The lowest BCUT2D eigenvalue weighted by Gasteiger charge is -2.07. The van der Waals surface area contributed by atoms with Crippen molar-refractivity contribution in [2.24, 2.45) is 0 Å². The number of thiophene rings is 1. The molecule has 6 nitrogen and oxygen atoms in total. The van der Waals surface area contributed by atoms with Gasteiger partial charge in [0.05, 0.1) is 6.42 Å². The lowest BCUT2D eigenvalue weighted by molar-refractivity contribution is -0.136. The molecule has 0 saturated heterocycles. The number of benzene rings is 2. The molecular formula is C23H17ClN4O2S. The average molecular weight is 449 g/mol. The Balaban J connectivity index is 1.65. The zero-order chi connectivity index (χ0) is 21.5. The van der Waals surface area contributed by atoms with E-state index in [9.17, 15) is 9.90 Å². The van der Waals surface area contributed by atoms with Gasteiger partial charge in [-0.3, -0.25) is 4.79 Å². The molecule has 8 heteroatoms. The van der Waals surface area contributed by atoms with Crippen LogP contribution in [0.2, 0.25) is 5.02 Å². The van der Waals surface area contributed by atoms with E-state index in [1.807, 2.05) is 42.6 Å². The highest BCUT2D eigenvalue weighted by molar-refractivity contribution is 7.17. The molecule has 0 aliphatic carbocycles. The van der Waals surface area contributed by atoms with Crippen LogP contribution in [0.3, 0.4) is 0 Å². The molecule has 0 radical (unpaired) electrons. The number of carbonyl (C=O) groups is 1. The molecule has 0 aliphatic rings. The van der Waals surface area contributed by atoms with Gasteiger partial charge in [0.2, 0.25) is 0 Å². The van der Waals surface area contributed by atoms with Gasteiger partial charge >= 0.3 is 5.97 Å². The first-order valence-corrected chi connectivity index (χ1v) is 10.8. The molecular weight excluding hydrogens is 432 g/mol. The van der Waals surface area contributed by atoms with Crippen molar-refractivity contribution in [2.45, 2.75) is 13.0 Å². The number of carboxylic acids is 1. The number of halogens is 1. The summed E-state index contributed by atoms with van der Waals surface area (Å²) in [5, 5.41) is 14.2. The van der Waals surface area contributed by atoms with Crippen LogP contribution in [0, 0.1) is 0 Å². The van der Waals surface area contributed by atoms with Gasteiger partial charge in [-0.1, -0.05) is 23.7 Å². The maximum Gasteiger partial charge on any atom is 0.307 e. The smallest absolute Gasteiger partial charge is 0.307 e. The summed E-state index contributed by atoms with van der Waals surface area (Å²) in [6.07, 6.45) is 3.49. The average Bonchev–Trinajstić information content (AvgIpc) is 3.29. The fourth-order valence-electron chi connectivity index (χ4n) is 3.81. The molecule has 0 fully saturated rings. The molecule has 5 aromatic rings. The Morgan fingerprint density at radius 3 is 2.81 bits per heavy atom. The molecule has 0 unspecified atom stereocenters. The molecule has 31 heavy (non-hydrogen) atoms. The third-order valence-electron chi connectivity index (χ3n) is 5.20. The number of hydrogen-bond acceptors (Lipinski definition) is 5. The van der Waals surface area contributed by atoms with Crippen LogP contribution >= 0.6 is 22.9 Å². The van der Waals surface area contributed by atoms with E-state index in [0.717, 1.165) is 37.7 Å². The van der Waals surface area contributed by atoms with Crippen molar-refractivity contribution in [1.29, 1.82) is 0 Å². The summed E-state index contributed by atoms with van der Waals surface area (Å²) in [6, 6.07) is 13.3. The summed E-state index contributed by atoms with van der Waals surface area (Å²) in [5.74, 6) is 0.0610. The van der Waals surface area contributed by atoms with Crippen LogP contribution in [0.1, 0.15) is 11.1 Å². The molecule has 3 aromatic heterocycles. The van der Waals surface area contributed by atoms with Gasteiger partial charge in [0.1, 0.15) is 5.82 Å². The number of nitrogens with zero attached hydrogens (tertiary/aromatic N) is 3. The maximum atomic E-state index is 11.4. The van der Waals surface area contributed by atoms with E-state index in [-0.39, 0.29) is 6.42 Å².